The Labute approximate surface area is 137 Å². The molecule has 4 nitrogen and oxygen atoms in total. The maximum atomic E-state index is 14.0. The smallest absolute Gasteiger partial charge is 0.341 e. The lowest BCUT2D eigenvalue weighted by Gasteiger charge is -2.07. The highest BCUT2D eigenvalue weighted by Crippen LogP contribution is 2.28. The van der Waals surface area contributed by atoms with Crippen LogP contribution in [0.3, 0.4) is 0 Å². The topological polar surface area (TPSA) is 59.4 Å². The molecule has 0 spiro atoms. The number of aromatic nitrogens is 1. The van der Waals surface area contributed by atoms with E-state index in [4.69, 9.17) is 21.4 Å². The number of carboxylic acids is 1. The molecule has 0 saturated heterocycles. The third-order valence-corrected chi connectivity index (χ3v) is 4.26. The molecule has 118 valence electrons. The lowest BCUT2D eigenvalue weighted by molar-refractivity contribution is 0.0685. The summed E-state index contributed by atoms with van der Waals surface area (Å²) in [5, 5.41) is 9.92. The zero-order valence-electron chi connectivity index (χ0n) is 11.3. The van der Waals surface area contributed by atoms with Crippen LogP contribution in [-0.2, 0) is 6.61 Å². The second-order valence-electron chi connectivity index (χ2n) is 4.55. The number of carbonyl (C=O) groups is 1. The molecular formula is C15H8ClF2NO3S. The number of carboxylic acid groups (broad SMARTS) is 1. The summed E-state index contributed by atoms with van der Waals surface area (Å²) in [4.78, 5) is 15.1. The van der Waals surface area contributed by atoms with E-state index < -0.39 is 23.2 Å². The van der Waals surface area contributed by atoms with Crippen LogP contribution in [0.15, 0.2) is 30.3 Å². The molecule has 0 aliphatic carbocycles. The minimum Gasteiger partial charge on any atom is -0.483 e. The SMILES string of the molecule is O=C(O)c1c(F)ccc(OCc2nc3cc(Cl)ccc3s2)c1F. The van der Waals surface area contributed by atoms with Crippen LogP contribution in [0.25, 0.3) is 10.2 Å². The molecule has 1 aromatic heterocycles. The Hall–Kier alpha value is -2.25. The largest absolute Gasteiger partial charge is 0.483 e. The molecule has 0 aliphatic heterocycles. The molecule has 8 heteroatoms. The second kappa shape index (κ2) is 6.10. The van der Waals surface area contributed by atoms with Gasteiger partial charge in [0.2, 0.25) is 0 Å². The van der Waals surface area contributed by atoms with Crippen LogP contribution in [0.5, 0.6) is 5.75 Å². The maximum absolute atomic E-state index is 14.0. The summed E-state index contributed by atoms with van der Waals surface area (Å²) in [6, 6.07) is 7.12. The summed E-state index contributed by atoms with van der Waals surface area (Å²) in [7, 11) is 0. The number of fused-ring (bicyclic) bond motifs is 1. The highest BCUT2D eigenvalue weighted by atomic mass is 35.5. The Kier molecular flexibility index (Phi) is 4.14. The van der Waals surface area contributed by atoms with E-state index in [0.29, 0.717) is 15.5 Å². The quantitative estimate of drug-likeness (QED) is 0.748. The molecule has 2 aromatic carbocycles. The van der Waals surface area contributed by atoms with E-state index in [0.717, 1.165) is 16.8 Å². The molecule has 0 saturated carbocycles. The van der Waals surface area contributed by atoms with Crippen molar-refractivity contribution in [2.75, 3.05) is 0 Å². The summed E-state index contributed by atoms with van der Waals surface area (Å²) in [5.41, 5.74) is -0.356. The molecule has 0 aliphatic rings. The summed E-state index contributed by atoms with van der Waals surface area (Å²) in [6.45, 7) is -0.0709. The molecule has 0 unspecified atom stereocenters. The number of rotatable bonds is 4. The molecule has 0 atom stereocenters. The van der Waals surface area contributed by atoms with Crippen LogP contribution in [0.2, 0.25) is 5.02 Å². The number of aromatic carboxylic acids is 1. The highest BCUT2D eigenvalue weighted by molar-refractivity contribution is 7.18. The molecule has 1 N–H and O–H groups in total. The molecular weight excluding hydrogens is 348 g/mol. The Morgan fingerprint density at radius 3 is 2.83 bits per heavy atom. The fraction of sp³-hybridized carbons (Fsp3) is 0.0667. The van der Waals surface area contributed by atoms with Gasteiger partial charge in [0.05, 0.1) is 10.2 Å². The number of nitrogens with zero attached hydrogens (tertiary/aromatic N) is 1. The standard InChI is InChI=1S/C15H8ClF2NO3S/c16-7-1-4-11-9(5-7)19-12(23-11)6-22-10-3-2-8(17)13(14(10)18)15(20)21/h1-5H,6H2,(H,20,21). The third kappa shape index (κ3) is 3.11. The van der Waals surface area contributed by atoms with Crippen LogP contribution in [0.4, 0.5) is 8.78 Å². The van der Waals surface area contributed by atoms with Crippen LogP contribution < -0.4 is 4.74 Å². The minimum atomic E-state index is -1.69. The number of hydrogen-bond acceptors (Lipinski definition) is 4. The summed E-state index contributed by atoms with van der Waals surface area (Å²) < 4.78 is 33.4. The second-order valence-corrected chi connectivity index (χ2v) is 6.10. The molecule has 3 aromatic rings. The van der Waals surface area contributed by atoms with E-state index in [2.05, 4.69) is 4.98 Å². The van der Waals surface area contributed by atoms with Crippen LogP contribution in [0.1, 0.15) is 15.4 Å². The Balaban J connectivity index is 1.85. The number of thiazole rings is 1. The van der Waals surface area contributed by atoms with E-state index in [1.165, 1.54) is 11.3 Å². The van der Waals surface area contributed by atoms with Crippen molar-refractivity contribution in [2.45, 2.75) is 6.61 Å². The van der Waals surface area contributed by atoms with Crippen molar-refractivity contribution >= 4 is 39.1 Å². The first-order chi connectivity index (χ1) is 11.0. The maximum Gasteiger partial charge on any atom is 0.341 e. The van der Waals surface area contributed by atoms with Gasteiger partial charge in [0.15, 0.2) is 11.6 Å². The van der Waals surface area contributed by atoms with Crippen molar-refractivity contribution < 1.29 is 23.4 Å². The normalized spacial score (nSPS) is 10.9. The van der Waals surface area contributed by atoms with Crippen molar-refractivity contribution in [1.82, 2.24) is 4.98 Å². The molecule has 0 fully saturated rings. The van der Waals surface area contributed by atoms with Gasteiger partial charge in [0, 0.05) is 5.02 Å². The van der Waals surface area contributed by atoms with Gasteiger partial charge in [-0.3, -0.25) is 0 Å². The lowest BCUT2D eigenvalue weighted by Crippen LogP contribution is -2.07. The van der Waals surface area contributed by atoms with Crippen LogP contribution in [0, 0.1) is 11.6 Å². The van der Waals surface area contributed by atoms with Crippen LogP contribution >= 0.6 is 22.9 Å². The predicted molar refractivity (Wildman–Crippen MR) is 82.3 cm³/mol. The zero-order valence-corrected chi connectivity index (χ0v) is 12.9. The van der Waals surface area contributed by atoms with Gasteiger partial charge in [0.1, 0.15) is 23.0 Å². The van der Waals surface area contributed by atoms with Gasteiger partial charge < -0.3 is 9.84 Å². The molecule has 23 heavy (non-hydrogen) atoms. The van der Waals surface area contributed by atoms with Crippen LogP contribution in [-0.4, -0.2) is 16.1 Å². The molecule has 0 bridgehead atoms. The molecule has 0 radical (unpaired) electrons. The number of halogens is 3. The summed E-state index contributed by atoms with van der Waals surface area (Å²) >= 11 is 7.21. The number of benzene rings is 2. The monoisotopic (exact) mass is 355 g/mol. The predicted octanol–water partition coefficient (Wildman–Crippen LogP) is 4.51. The van der Waals surface area contributed by atoms with Crippen molar-refractivity contribution in [3.63, 3.8) is 0 Å². The van der Waals surface area contributed by atoms with Gasteiger partial charge in [-0.15, -0.1) is 11.3 Å². The van der Waals surface area contributed by atoms with Gasteiger partial charge in [-0.05, 0) is 30.3 Å². The summed E-state index contributed by atoms with van der Waals surface area (Å²) in [5.74, 6) is -4.44. The first kappa shape index (κ1) is 15.6. The third-order valence-electron chi connectivity index (χ3n) is 3.01. The van der Waals surface area contributed by atoms with Gasteiger partial charge in [-0.1, -0.05) is 11.6 Å². The van der Waals surface area contributed by atoms with Gasteiger partial charge in [-0.25, -0.2) is 18.6 Å². The van der Waals surface area contributed by atoms with Crippen molar-refractivity contribution in [1.29, 1.82) is 0 Å². The van der Waals surface area contributed by atoms with E-state index in [9.17, 15) is 13.6 Å². The highest BCUT2D eigenvalue weighted by Gasteiger charge is 2.21. The van der Waals surface area contributed by atoms with Gasteiger partial charge >= 0.3 is 5.97 Å². The molecule has 1 heterocycles. The Morgan fingerprint density at radius 2 is 2.09 bits per heavy atom. The number of hydrogen-bond donors (Lipinski definition) is 1. The lowest BCUT2D eigenvalue weighted by atomic mass is 10.2. The fourth-order valence-electron chi connectivity index (χ4n) is 1.99. The van der Waals surface area contributed by atoms with E-state index in [1.54, 1.807) is 18.2 Å². The minimum absolute atomic E-state index is 0.0709. The van der Waals surface area contributed by atoms with Gasteiger partial charge in [-0.2, -0.15) is 0 Å². The Morgan fingerprint density at radius 1 is 1.30 bits per heavy atom. The van der Waals surface area contributed by atoms with E-state index in [1.807, 2.05) is 0 Å². The molecule has 3 rings (SSSR count). The van der Waals surface area contributed by atoms with E-state index >= 15 is 0 Å². The first-order valence-electron chi connectivity index (χ1n) is 6.35. The van der Waals surface area contributed by atoms with Gasteiger partial charge in [0.25, 0.3) is 0 Å². The average Bonchev–Trinajstić information content (AvgIpc) is 2.88. The van der Waals surface area contributed by atoms with Crippen molar-refractivity contribution in [3.05, 3.63) is 57.6 Å². The van der Waals surface area contributed by atoms with Crippen molar-refractivity contribution in [2.24, 2.45) is 0 Å². The zero-order chi connectivity index (χ0) is 16.6. The first-order valence-corrected chi connectivity index (χ1v) is 7.54. The Bertz CT molecular complexity index is 913. The summed E-state index contributed by atoms with van der Waals surface area (Å²) in [6.07, 6.45) is 0. The fourth-order valence-corrected chi connectivity index (χ4v) is 3.02. The van der Waals surface area contributed by atoms with Crippen molar-refractivity contribution in [3.8, 4) is 5.75 Å². The molecule has 0 amide bonds. The number of ether oxygens (including phenoxy) is 1. The van der Waals surface area contributed by atoms with E-state index in [-0.39, 0.29) is 12.4 Å². The average molecular weight is 356 g/mol.